The zero-order valence-electron chi connectivity index (χ0n) is 9.43. The number of anilines is 1. The molecule has 92 valence electrons. The minimum absolute atomic E-state index is 0.254. The number of aromatic nitrogens is 3. The fourth-order valence-corrected chi connectivity index (χ4v) is 2.36. The van der Waals surface area contributed by atoms with Crippen LogP contribution in [0, 0.1) is 18.8 Å². The number of carbonyl (C=O) groups excluding carboxylic acids is 1. The maximum Gasteiger partial charge on any atom is 0.271 e. The molecule has 0 unspecified atom stereocenters. The SMILES string of the molecule is Cc1nnsc1C(=O)Nc1ncc(C#CCN)s1. The molecule has 0 aliphatic carbocycles. The second kappa shape index (κ2) is 5.68. The van der Waals surface area contributed by atoms with Crippen molar-refractivity contribution in [2.75, 3.05) is 11.9 Å². The number of thiazole rings is 1. The van der Waals surface area contributed by atoms with Crippen molar-refractivity contribution in [3.63, 3.8) is 0 Å². The topological polar surface area (TPSA) is 93.8 Å². The Kier molecular flexibility index (Phi) is 3.99. The molecule has 2 aromatic rings. The van der Waals surface area contributed by atoms with Gasteiger partial charge in [-0.25, -0.2) is 4.98 Å². The van der Waals surface area contributed by atoms with E-state index in [-0.39, 0.29) is 5.91 Å². The van der Waals surface area contributed by atoms with E-state index >= 15 is 0 Å². The molecule has 2 rings (SSSR count). The van der Waals surface area contributed by atoms with E-state index in [0.29, 0.717) is 22.2 Å². The molecule has 0 aliphatic heterocycles. The third kappa shape index (κ3) is 2.89. The molecule has 0 aromatic carbocycles. The second-order valence-electron chi connectivity index (χ2n) is 3.18. The van der Waals surface area contributed by atoms with Gasteiger partial charge in [0.25, 0.3) is 5.91 Å². The smallest absolute Gasteiger partial charge is 0.271 e. The van der Waals surface area contributed by atoms with Crippen LogP contribution in [0.3, 0.4) is 0 Å². The molecule has 2 aromatic heterocycles. The van der Waals surface area contributed by atoms with Crippen molar-refractivity contribution in [3.05, 3.63) is 21.6 Å². The van der Waals surface area contributed by atoms with E-state index < -0.39 is 0 Å². The number of rotatable bonds is 2. The Balaban J connectivity index is 2.08. The van der Waals surface area contributed by atoms with Gasteiger partial charge in [-0.1, -0.05) is 27.7 Å². The van der Waals surface area contributed by atoms with Gasteiger partial charge in [-0.2, -0.15) is 0 Å². The van der Waals surface area contributed by atoms with Crippen LogP contribution in [-0.4, -0.2) is 27.0 Å². The van der Waals surface area contributed by atoms with Crippen molar-refractivity contribution in [1.29, 1.82) is 0 Å². The number of nitrogens with one attached hydrogen (secondary N) is 1. The number of hydrogen-bond donors (Lipinski definition) is 2. The Labute approximate surface area is 111 Å². The summed E-state index contributed by atoms with van der Waals surface area (Å²) in [5, 5.41) is 6.96. The van der Waals surface area contributed by atoms with Crippen LogP contribution in [0.2, 0.25) is 0 Å². The molecular weight excluding hydrogens is 270 g/mol. The van der Waals surface area contributed by atoms with Gasteiger partial charge in [-0.05, 0) is 18.5 Å². The number of aryl methyl sites for hydroxylation is 1. The lowest BCUT2D eigenvalue weighted by Crippen LogP contribution is -2.11. The summed E-state index contributed by atoms with van der Waals surface area (Å²) in [6.45, 7) is 2.03. The van der Waals surface area contributed by atoms with Crippen molar-refractivity contribution < 1.29 is 4.79 Å². The van der Waals surface area contributed by atoms with Gasteiger partial charge >= 0.3 is 0 Å². The van der Waals surface area contributed by atoms with E-state index in [0.717, 1.165) is 16.4 Å². The summed E-state index contributed by atoms with van der Waals surface area (Å²) in [5.41, 5.74) is 5.88. The monoisotopic (exact) mass is 279 g/mol. The Morgan fingerprint density at radius 2 is 2.44 bits per heavy atom. The molecular formula is C10H9N5OS2. The van der Waals surface area contributed by atoms with Gasteiger partial charge in [-0.15, -0.1) is 5.10 Å². The largest absolute Gasteiger partial charge is 0.320 e. The van der Waals surface area contributed by atoms with Crippen LogP contribution in [0.4, 0.5) is 5.13 Å². The molecule has 2 heterocycles. The van der Waals surface area contributed by atoms with Crippen LogP contribution in [0.1, 0.15) is 20.2 Å². The van der Waals surface area contributed by atoms with Gasteiger partial charge in [-0.3, -0.25) is 10.1 Å². The summed E-state index contributed by atoms with van der Waals surface area (Å²) < 4.78 is 3.71. The van der Waals surface area contributed by atoms with E-state index in [9.17, 15) is 4.79 Å². The molecule has 0 spiro atoms. The zero-order valence-corrected chi connectivity index (χ0v) is 11.1. The summed E-state index contributed by atoms with van der Waals surface area (Å²) in [5.74, 6) is 5.32. The van der Waals surface area contributed by atoms with Crippen LogP contribution in [-0.2, 0) is 0 Å². The van der Waals surface area contributed by atoms with Gasteiger partial charge in [0, 0.05) is 0 Å². The Morgan fingerprint density at radius 3 is 3.11 bits per heavy atom. The average Bonchev–Trinajstić information content (AvgIpc) is 2.95. The number of nitrogens with two attached hydrogens (primary N) is 1. The second-order valence-corrected chi connectivity index (χ2v) is 4.96. The lowest BCUT2D eigenvalue weighted by Gasteiger charge is -1.97. The number of hydrogen-bond acceptors (Lipinski definition) is 7. The highest BCUT2D eigenvalue weighted by molar-refractivity contribution is 7.16. The molecule has 8 heteroatoms. The van der Waals surface area contributed by atoms with Crippen LogP contribution in [0.5, 0.6) is 0 Å². The first-order chi connectivity index (χ1) is 8.70. The lowest BCUT2D eigenvalue weighted by atomic mass is 10.4. The average molecular weight is 279 g/mol. The van der Waals surface area contributed by atoms with E-state index in [1.54, 1.807) is 13.1 Å². The fraction of sp³-hybridized carbons (Fsp3) is 0.200. The number of nitrogens with zero attached hydrogens (tertiary/aromatic N) is 3. The number of amides is 1. The molecule has 0 atom stereocenters. The molecule has 0 aliphatic rings. The Morgan fingerprint density at radius 1 is 1.61 bits per heavy atom. The molecule has 0 radical (unpaired) electrons. The minimum Gasteiger partial charge on any atom is -0.320 e. The van der Waals surface area contributed by atoms with Crippen LogP contribution in [0.15, 0.2) is 6.20 Å². The summed E-state index contributed by atoms with van der Waals surface area (Å²) in [4.78, 5) is 17.2. The Bertz CT molecular complexity index is 621. The number of carbonyl (C=O) groups is 1. The summed E-state index contributed by atoms with van der Waals surface area (Å²) in [6.07, 6.45) is 1.60. The maximum absolute atomic E-state index is 11.8. The van der Waals surface area contributed by atoms with Crippen molar-refractivity contribution in [3.8, 4) is 11.8 Å². The van der Waals surface area contributed by atoms with Crippen LogP contribution < -0.4 is 11.1 Å². The highest BCUT2D eigenvalue weighted by atomic mass is 32.1. The molecule has 0 saturated heterocycles. The van der Waals surface area contributed by atoms with Gasteiger partial charge in [0.2, 0.25) is 0 Å². The van der Waals surface area contributed by atoms with Crippen molar-refractivity contribution >= 4 is 33.9 Å². The third-order valence-electron chi connectivity index (χ3n) is 1.90. The third-order valence-corrected chi connectivity index (χ3v) is 3.55. The predicted octanol–water partition coefficient (Wildman–Crippen LogP) is 0.866. The highest BCUT2D eigenvalue weighted by Gasteiger charge is 2.14. The van der Waals surface area contributed by atoms with Crippen LogP contribution in [0.25, 0.3) is 0 Å². The maximum atomic E-state index is 11.8. The van der Waals surface area contributed by atoms with Crippen molar-refractivity contribution in [2.24, 2.45) is 5.73 Å². The minimum atomic E-state index is -0.254. The summed E-state index contributed by atoms with van der Waals surface area (Å²) >= 11 is 2.35. The molecule has 3 N–H and O–H groups in total. The van der Waals surface area contributed by atoms with Gasteiger partial charge in [0.05, 0.1) is 23.3 Å². The first-order valence-electron chi connectivity index (χ1n) is 4.95. The lowest BCUT2D eigenvalue weighted by molar-refractivity contribution is 0.103. The zero-order chi connectivity index (χ0) is 13.0. The standard InChI is InChI=1S/C10H9N5OS2/c1-6-8(18-15-14-6)9(16)13-10-12-5-7(17-10)3-2-4-11/h5H,4,11H2,1H3,(H,12,13,16). The molecule has 18 heavy (non-hydrogen) atoms. The van der Waals surface area contributed by atoms with Crippen molar-refractivity contribution in [2.45, 2.75) is 6.92 Å². The normalized spacial score (nSPS) is 9.67. The first-order valence-corrected chi connectivity index (χ1v) is 6.54. The molecule has 1 amide bonds. The molecule has 0 bridgehead atoms. The summed E-state index contributed by atoms with van der Waals surface area (Å²) in [6, 6.07) is 0. The summed E-state index contributed by atoms with van der Waals surface area (Å²) in [7, 11) is 0. The Hall–Kier alpha value is -1.82. The van der Waals surface area contributed by atoms with Crippen molar-refractivity contribution in [1.82, 2.24) is 14.6 Å². The van der Waals surface area contributed by atoms with E-state index in [4.69, 9.17) is 5.73 Å². The van der Waals surface area contributed by atoms with E-state index in [1.165, 1.54) is 11.3 Å². The quantitative estimate of drug-likeness (QED) is 0.795. The van der Waals surface area contributed by atoms with E-state index in [2.05, 4.69) is 31.7 Å². The molecule has 6 nitrogen and oxygen atoms in total. The molecule has 0 saturated carbocycles. The molecule has 0 fully saturated rings. The van der Waals surface area contributed by atoms with Gasteiger partial charge < -0.3 is 5.73 Å². The van der Waals surface area contributed by atoms with Crippen LogP contribution >= 0.6 is 22.9 Å². The van der Waals surface area contributed by atoms with Gasteiger partial charge in [0.15, 0.2) is 5.13 Å². The highest BCUT2D eigenvalue weighted by Crippen LogP contribution is 2.19. The predicted molar refractivity (Wildman–Crippen MR) is 70.6 cm³/mol. The fourth-order valence-electron chi connectivity index (χ4n) is 1.12. The van der Waals surface area contributed by atoms with E-state index in [1.807, 2.05) is 0 Å². The first kappa shape index (κ1) is 12.6. The van der Waals surface area contributed by atoms with Gasteiger partial charge in [0.1, 0.15) is 4.88 Å².